The van der Waals surface area contributed by atoms with Crippen LogP contribution in [0, 0.1) is 5.82 Å². The van der Waals surface area contributed by atoms with E-state index in [-0.39, 0.29) is 11.9 Å². The molecular weight excluding hydrogens is 241 g/mol. The number of benzene rings is 2. The minimum atomic E-state index is -0.209. The fourth-order valence-corrected chi connectivity index (χ4v) is 2.44. The van der Waals surface area contributed by atoms with Crippen molar-refractivity contribution in [2.45, 2.75) is 12.5 Å². The molecule has 3 heteroatoms. The summed E-state index contributed by atoms with van der Waals surface area (Å²) >= 11 is 0. The van der Waals surface area contributed by atoms with Crippen molar-refractivity contribution in [1.29, 1.82) is 0 Å². The zero-order valence-corrected chi connectivity index (χ0v) is 10.6. The molecule has 1 N–H and O–H groups in total. The standard InChI is InChI=1S/C16H16FNO/c17-13-6-3-5-12(11-13)16-14-7-1-2-8-15(14)19-10-4-9-18-16/h1-3,5-8,11,16,18H,4,9-10H2. The lowest BCUT2D eigenvalue weighted by Crippen LogP contribution is -2.27. The van der Waals surface area contributed by atoms with Gasteiger partial charge in [0.1, 0.15) is 11.6 Å². The summed E-state index contributed by atoms with van der Waals surface area (Å²) in [7, 11) is 0. The Morgan fingerprint density at radius 1 is 1.11 bits per heavy atom. The van der Waals surface area contributed by atoms with E-state index in [1.807, 2.05) is 30.3 Å². The maximum atomic E-state index is 13.4. The van der Waals surface area contributed by atoms with Crippen LogP contribution in [-0.4, -0.2) is 13.2 Å². The number of ether oxygens (including phenoxy) is 1. The van der Waals surface area contributed by atoms with E-state index in [1.165, 1.54) is 6.07 Å². The Balaban J connectivity index is 2.05. The van der Waals surface area contributed by atoms with Crippen LogP contribution in [0.25, 0.3) is 0 Å². The van der Waals surface area contributed by atoms with Crippen LogP contribution in [0.5, 0.6) is 5.75 Å². The van der Waals surface area contributed by atoms with E-state index in [4.69, 9.17) is 4.74 Å². The van der Waals surface area contributed by atoms with Gasteiger partial charge < -0.3 is 10.1 Å². The Kier molecular flexibility index (Phi) is 3.47. The van der Waals surface area contributed by atoms with Crippen LogP contribution in [0.3, 0.4) is 0 Å². The first-order valence-corrected chi connectivity index (χ1v) is 6.55. The average molecular weight is 257 g/mol. The second-order valence-electron chi connectivity index (χ2n) is 4.68. The Bertz CT molecular complexity index is 570. The van der Waals surface area contributed by atoms with Crippen molar-refractivity contribution in [3.8, 4) is 5.75 Å². The van der Waals surface area contributed by atoms with Crippen LogP contribution in [-0.2, 0) is 0 Å². The Labute approximate surface area is 112 Å². The maximum absolute atomic E-state index is 13.4. The van der Waals surface area contributed by atoms with E-state index in [9.17, 15) is 4.39 Å². The molecule has 2 nitrogen and oxygen atoms in total. The lowest BCUT2D eigenvalue weighted by molar-refractivity contribution is 0.290. The summed E-state index contributed by atoms with van der Waals surface area (Å²) in [4.78, 5) is 0. The smallest absolute Gasteiger partial charge is 0.124 e. The zero-order valence-electron chi connectivity index (χ0n) is 10.6. The molecule has 1 atom stereocenters. The van der Waals surface area contributed by atoms with Crippen LogP contribution in [0.15, 0.2) is 48.5 Å². The molecule has 0 aromatic heterocycles. The van der Waals surface area contributed by atoms with Crippen molar-refractivity contribution >= 4 is 0 Å². The Morgan fingerprint density at radius 2 is 2.00 bits per heavy atom. The van der Waals surface area contributed by atoms with Crippen LogP contribution in [0.4, 0.5) is 4.39 Å². The third-order valence-corrected chi connectivity index (χ3v) is 3.34. The van der Waals surface area contributed by atoms with Crippen LogP contribution < -0.4 is 10.1 Å². The summed E-state index contributed by atoms with van der Waals surface area (Å²) in [6.45, 7) is 1.56. The number of halogens is 1. The third kappa shape index (κ3) is 2.61. The number of rotatable bonds is 1. The highest BCUT2D eigenvalue weighted by atomic mass is 19.1. The van der Waals surface area contributed by atoms with Crippen molar-refractivity contribution < 1.29 is 9.13 Å². The fraction of sp³-hybridized carbons (Fsp3) is 0.250. The van der Waals surface area contributed by atoms with E-state index in [1.54, 1.807) is 12.1 Å². The topological polar surface area (TPSA) is 21.3 Å². The predicted molar refractivity (Wildman–Crippen MR) is 72.8 cm³/mol. The minimum Gasteiger partial charge on any atom is -0.493 e. The predicted octanol–water partition coefficient (Wildman–Crippen LogP) is 3.29. The van der Waals surface area contributed by atoms with E-state index in [2.05, 4.69) is 5.32 Å². The van der Waals surface area contributed by atoms with Gasteiger partial charge in [-0.25, -0.2) is 4.39 Å². The highest BCUT2D eigenvalue weighted by Crippen LogP contribution is 2.31. The molecule has 19 heavy (non-hydrogen) atoms. The monoisotopic (exact) mass is 257 g/mol. The molecule has 0 aliphatic carbocycles. The molecule has 3 rings (SSSR count). The number of hydrogen-bond donors (Lipinski definition) is 1. The summed E-state index contributed by atoms with van der Waals surface area (Å²) in [5, 5.41) is 3.47. The largest absolute Gasteiger partial charge is 0.493 e. The van der Waals surface area contributed by atoms with Gasteiger partial charge >= 0.3 is 0 Å². The molecule has 0 amide bonds. The minimum absolute atomic E-state index is 0.0211. The van der Waals surface area contributed by atoms with Gasteiger partial charge in [-0.05, 0) is 36.7 Å². The maximum Gasteiger partial charge on any atom is 0.124 e. The summed E-state index contributed by atoms with van der Waals surface area (Å²) in [5.41, 5.74) is 1.99. The molecule has 0 spiro atoms. The molecule has 0 bridgehead atoms. The number of nitrogens with one attached hydrogen (secondary N) is 1. The average Bonchev–Trinajstić information content (AvgIpc) is 2.40. The fourth-order valence-electron chi connectivity index (χ4n) is 2.44. The van der Waals surface area contributed by atoms with Gasteiger partial charge in [0.15, 0.2) is 0 Å². The number of para-hydroxylation sites is 1. The number of fused-ring (bicyclic) bond motifs is 1. The normalized spacial score (nSPS) is 18.9. The molecule has 0 saturated heterocycles. The summed E-state index contributed by atoms with van der Waals surface area (Å²) < 4.78 is 19.2. The molecule has 1 aliphatic heterocycles. The first kappa shape index (κ1) is 12.2. The molecule has 2 aromatic carbocycles. The highest BCUT2D eigenvalue weighted by molar-refractivity contribution is 5.42. The van der Waals surface area contributed by atoms with E-state index >= 15 is 0 Å². The van der Waals surface area contributed by atoms with E-state index in [0.29, 0.717) is 6.61 Å². The molecule has 1 heterocycles. The molecule has 0 radical (unpaired) electrons. The first-order chi connectivity index (χ1) is 9.34. The van der Waals surface area contributed by atoms with Gasteiger partial charge in [0.05, 0.1) is 12.6 Å². The third-order valence-electron chi connectivity index (χ3n) is 3.34. The molecule has 1 unspecified atom stereocenters. The second-order valence-corrected chi connectivity index (χ2v) is 4.68. The van der Waals surface area contributed by atoms with Gasteiger partial charge in [-0.3, -0.25) is 0 Å². The van der Waals surface area contributed by atoms with Crippen molar-refractivity contribution in [3.63, 3.8) is 0 Å². The SMILES string of the molecule is Fc1cccc(C2NCCCOc3ccccc32)c1. The van der Waals surface area contributed by atoms with Gasteiger partial charge in [-0.15, -0.1) is 0 Å². The van der Waals surface area contributed by atoms with E-state index < -0.39 is 0 Å². The van der Waals surface area contributed by atoms with Crippen molar-refractivity contribution in [2.75, 3.05) is 13.2 Å². The van der Waals surface area contributed by atoms with Gasteiger partial charge in [-0.2, -0.15) is 0 Å². The van der Waals surface area contributed by atoms with Crippen LogP contribution >= 0.6 is 0 Å². The highest BCUT2D eigenvalue weighted by Gasteiger charge is 2.19. The first-order valence-electron chi connectivity index (χ1n) is 6.55. The molecule has 98 valence electrons. The molecule has 1 aliphatic rings. The summed E-state index contributed by atoms with van der Waals surface area (Å²) in [5.74, 6) is 0.670. The van der Waals surface area contributed by atoms with Gasteiger partial charge in [0.2, 0.25) is 0 Å². The van der Waals surface area contributed by atoms with Crippen molar-refractivity contribution in [1.82, 2.24) is 5.32 Å². The van der Waals surface area contributed by atoms with Crippen molar-refractivity contribution in [2.24, 2.45) is 0 Å². The van der Waals surface area contributed by atoms with Crippen molar-refractivity contribution in [3.05, 3.63) is 65.5 Å². The lowest BCUT2D eigenvalue weighted by Gasteiger charge is -2.25. The van der Waals surface area contributed by atoms with Gasteiger partial charge in [0, 0.05) is 5.56 Å². The number of hydrogen-bond acceptors (Lipinski definition) is 2. The van der Waals surface area contributed by atoms with Gasteiger partial charge in [-0.1, -0.05) is 30.3 Å². The van der Waals surface area contributed by atoms with Crippen LogP contribution in [0.2, 0.25) is 0 Å². The Morgan fingerprint density at radius 3 is 2.89 bits per heavy atom. The lowest BCUT2D eigenvalue weighted by atomic mass is 9.97. The summed E-state index contributed by atoms with van der Waals surface area (Å²) in [6, 6.07) is 14.7. The molecule has 0 saturated carbocycles. The Hall–Kier alpha value is -1.87. The second kappa shape index (κ2) is 5.41. The van der Waals surface area contributed by atoms with Crippen LogP contribution in [0.1, 0.15) is 23.6 Å². The molecule has 2 aromatic rings. The zero-order chi connectivity index (χ0) is 13.1. The van der Waals surface area contributed by atoms with Gasteiger partial charge in [0.25, 0.3) is 0 Å². The molecule has 0 fully saturated rings. The quantitative estimate of drug-likeness (QED) is 0.846. The summed E-state index contributed by atoms with van der Waals surface area (Å²) in [6.07, 6.45) is 0.945. The molecular formula is C16H16FNO. The van der Waals surface area contributed by atoms with E-state index in [0.717, 1.165) is 29.8 Å².